The smallest absolute Gasteiger partial charge is 0.231 e. The SMILES string of the molecule is CN(C)C(=O)[C@]12CCS(=O)(=O)N(C)[C@@H]1CCN(C(=O)CCc1ccccc1)C2. The molecule has 0 aliphatic carbocycles. The maximum Gasteiger partial charge on any atom is 0.231 e. The van der Waals surface area contributed by atoms with Gasteiger partial charge < -0.3 is 9.80 Å². The lowest BCUT2D eigenvalue weighted by molar-refractivity contribution is -0.152. The van der Waals surface area contributed by atoms with Gasteiger partial charge in [0.2, 0.25) is 21.8 Å². The standard InChI is InChI=1S/C20H29N3O4S/c1-21(2)19(25)20-12-14-28(26,27)22(3)17(20)11-13-23(15-20)18(24)10-9-16-7-5-4-6-8-16/h4-8,17H,9-15H2,1-3H3/t17-,20+/m1/s1. The molecule has 1 aromatic rings. The van der Waals surface area contributed by atoms with Crippen LogP contribution < -0.4 is 0 Å². The average molecular weight is 408 g/mol. The van der Waals surface area contributed by atoms with Gasteiger partial charge in [-0.3, -0.25) is 9.59 Å². The molecule has 28 heavy (non-hydrogen) atoms. The molecule has 7 nitrogen and oxygen atoms in total. The Morgan fingerprint density at radius 3 is 2.54 bits per heavy atom. The van der Waals surface area contributed by atoms with Crippen LogP contribution in [-0.4, -0.2) is 80.4 Å². The molecule has 0 aromatic heterocycles. The number of aryl methyl sites for hydroxylation is 1. The average Bonchev–Trinajstić information content (AvgIpc) is 2.69. The Hall–Kier alpha value is -1.93. The Labute approximate surface area is 167 Å². The third-order valence-electron chi connectivity index (χ3n) is 6.12. The van der Waals surface area contributed by atoms with Gasteiger partial charge in [0.15, 0.2) is 0 Å². The van der Waals surface area contributed by atoms with Crippen LogP contribution >= 0.6 is 0 Å². The Kier molecular flexibility index (Phi) is 5.82. The van der Waals surface area contributed by atoms with E-state index < -0.39 is 21.5 Å². The Balaban J connectivity index is 1.79. The third-order valence-corrected chi connectivity index (χ3v) is 7.97. The van der Waals surface area contributed by atoms with Crippen molar-refractivity contribution >= 4 is 21.8 Å². The second-order valence-corrected chi connectivity index (χ2v) is 10.2. The first-order valence-corrected chi connectivity index (χ1v) is 11.3. The normalized spacial score (nSPS) is 27.1. The maximum atomic E-state index is 13.1. The molecule has 2 aliphatic heterocycles. The topological polar surface area (TPSA) is 78.0 Å². The molecule has 2 atom stereocenters. The zero-order valence-corrected chi connectivity index (χ0v) is 17.6. The van der Waals surface area contributed by atoms with E-state index in [0.29, 0.717) is 25.8 Å². The Morgan fingerprint density at radius 2 is 1.89 bits per heavy atom. The van der Waals surface area contributed by atoms with E-state index in [4.69, 9.17) is 0 Å². The molecule has 0 unspecified atom stereocenters. The van der Waals surface area contributed by atoms with Crippen LogP contribution in [0.4, 0.5) is 0 Å². The minimum Gasteiger partial charge on any atom is -0.348 e. The van der Waals surface area contributed by atoms with Gasteiger partial charge in [-0.05, 0) is 24.8 Å². The molecule has 154 valence electrons. The molecule has 2 saturated heterocycles. The van der Waals surface area contributed by atoms with E-state index >= 15 is 0 Å². The van der Waals surface area contributed by atoms with Crippen molar-refractivity contribution in [1.29, 1.82) is 0 Å². The first-order valence-electron chi connectivity index (χ1n) is 9.66. The number of likely N-dealkylation sites (tertiary alicyclic amines) is 1. The molecular formula is C20H29N3O4S. The number of hydrogen-bond acceptors (Lipinski definition) is 4. The summed E-state index contributed by atoms with van der Waals surface area (Å²) in [4.78, 5) is 29.3. The maximum absolute atomic E-state index is 13.1. The summed E-state index contributed by atoms with van der Waals surface area (Å²) in [6.07, 6.45) is 1.77. The van der Waals surface area contributed by atoms with Crippen LogP contribution in [0.5, 0.6) is 0 Å². The van der Waals surface area contributed by atoms with Crippen molar-refractivity contribution < 1.29 is 18.0 Å². The highest BCUT2D eigenvalue weighted by molar-refractivity contribution is 7.89. The molecule has 0 radical (unpaired) electrons. The summed E-state index contributed by atoms with van der Waals surface area (Å²) in [5.74, 6) is -0.143. The molecule has 2 fully saturated rings. The minimum atomic E-state index is -3.35. The van der Waals surface area contributed by atoms with Gasteiger partial charge in [0, 0.05) is 46.7 Å². The number of carbonyl (C=O) groups is 2. The zero-order valence-electron chi connectivity index (χ0n) is 16.8. The van der Waals surface area contributed by atoms with E-state index in [0.717, 1.165) is 5.56 Å². The Morgan fingerprint density at radius 1 is 1.21 bits per heavy atom. The predicted octanol–water partition coefficient (Wildman–Crippen LogP) is 0.960. The summed E-state index contributed by atoms with van der Waals surface area (Å²) in [7, 11) is 1.58. The number of amides is 2. The van der Waals surface area contributed by atoms with Crippen molar-refractivity contribution in [2.45, 2.75) is 31.7 Å². The lowest BCUT2D eigenvalue weighted by atomic mass is 9.72. The molecule has 0 N–H and O–H groups in total. The van der Waals surface area contributed by atoms with Crippen molar-refractivity contribution in [2.24, 2.45) is 5.41 Å². The van der Waals surface area contributed by atoms with Crippen LogP contribution in [0, 0.1) is 5.41 Å². The summed E-state index contributed by atoms with van der Waals surface area (Å²) >= 11 is 0. The quantitative estimate of drug-likeness (QED) is 0.745. The van der Waals surface area contributed by atoms with Crippen molar-refractivity contribution in [3.8, 4) is 0 Å². The summed E-state index contributed by atoms with van der Waals surface area (Å²) in [5, 5.41) is 0. The summed E-state index contributed by atoms with van der Waals surface area (Å²) < 4.78 is 26.1. The van der Waals surface area contributed by atoms with E-state index in [2.05, 4.69) is 0 Å². The number of piperidine rings is 1. The number of carbonyl (C=O) groups excluding carboxylic acids is 2. The van der Waals surface area contributed by atoms with E-state index in [9.17, 15) is 18.0 Å². The highest BCUT2D eigenvalue weighted by atomic mass is 32.2. The van der Waals surface area contributed by atoms with Crippen LogP contribution in [-0.2, 0) is 26.0 Å². The fourth-order valence-electron chi connectivity index (χ4n) is 4.53. The van der Waals surface area contributed by atoms with Crippen LogP contribution in [0.25, 0.3) is 0 Å². The molecule has 3 rings (SSSR count). The van der Waals surface area contributed by atoms with Crippen molar-refractivity contribution in [3.63, 3.8) is 0 Å². The first-order chi connectivity index (χ1) is 13.2. The lowest BCUT2D eigenvalue weighted by Gasteiger charge is -2.53. The molecular weight excluding hydrogens is 378 g/mol. The van der Waals surface area contributed by atoms with Gasteiger partial charge in [0.05, 0.1) is 11.2 Å². The fraction of sp³-hybridized carbons (Fsp3) is 0.600. The van der Waals surface area contributed by atoms with Crippen molar-refractivity contribution in [3.05, 3.63) is 35.9 Å². The van der Waals surface area contributed by atoms with Gasteiger partial charge in [-0.1, -0.05) is 30.3 Å². The highest BCUT2D eigenvalue weighted by Crippen LogP contribution is 2.43. The summed E-state index contributed by atoms with van der Waals surface area (Å²) in [6.45, 7) is 0.753. The van der Waals surface area contributed by atoms with E-state index in [1.807, 2.05) is 30.3 Å². The molecule has 0 saturated carbocycles. The number of benzene rings is 1. The lowest BCUT2D eigenvalue weighted by Crippen LogP contribution is -2.67. The van der Waals surface area contributed by atoms with Crippen LogP contribution in [0.2, 0.25) is 0 Å². The zero-order chi connectivity index (χ0) is 20.5. The largest absolute Gasteiger partial charge is 0.348 e. The van der Waals surface area contributed by atoms with Crippen molar-refractivity contribution in [1.82, 2.24) is 14.1 Å². The molecule has 2 aliphatic rings. The van der Waals surface area contributed by atoms with Gasteiger partial charge >= 0.3 is 0 Å². The van der Waals surface area contributed by atoms with E-state index in [1.165, 1.54) is 9.21 Å². The number of rotatable bonds is 4. The van der Waals surface area contributed by atoms with Gasteiger partial charge in [0.25, 0.3) is 0 Å². The second kappa shape index (κ2) is 7.83. The van der Waals surface area contributed by atoms with Crippen molar-refractivity contribution in [2.75, 3.05) is 40.0 Å². The molecule has 0 spiro atoms. The van der Waals surface area contributed by atoms with Crippen LogP contribution in [0.3, 0.4) is 0 Å². The fourth-order valence-corrected chi connectivity index (χ4v) is 6.14. The predicted molar refractivity (Wildman–Crippen MR) is 107 cm³/mol. The second-order valence-electron chi connectivity index (χ2n) is 8.04. The van der Waals surface area contributed by atoms with Crippen LogP contribution in [0.15, 0.2) is 30.3 Å². The first kappa shape index (κ1) is 20.8. The molecule has 2 heterocycles. The Bertz CT molecular complexity index is 840. The van der Waals surface area contributed by atoms with Gasteiger partial charge in [-0.2, -0.15) is 0 Å². The number of fused-ring (bicyclic) bond motifs is 1. The number of hydrogen-bond donors (Lipinski definition) is 0. The van der Waals surface area contributed by atoms with Gasteiger partial charge in [-0.25, -0.2) is 12.7 Å². The molecule has 1 aromatic carbocycles. The highest BCUT2D eigenvalue weighted by Gasteiger charge is 2.57. The van der Waals surface area contributed by atoms with Crippen LogP contribution in [0.1, 0.15) is 24.8 Å². The number of nitrogens with zero attached hydrogens (tertiary/aromatic N) is 3. The molecule has 2 amide bonds. The van der Waals surface area contributed by atoms with E-state index in [-0.39, 0.29) is 30.5 Å². The minimum absolute atomic E-state index is 0.0179. The molecule has 0 bridgehead atoms. The summed E-state index contributed by atoms with van der Waals surface area (Å²) in [5.41, 5.74) is 0.234. The van der Waals surface area contributed by atoms with E-state index in [1.54, 1.807) is 26.0 Å². The molecule has 8 heteroatoms. The van der Waals surface area contributed by atoms with Gasteiger partial charge in [0.1, 0.15) is 0 Å². The number of sulfonamides is 1. The van der Waals surface area contributed by atoms with Gasteiger partial charge in [-0.15, -0.1) is 0 Å². The third kappa shape index (κ3) is 3.80. The summed E-state index contributed by atoms with van der Waals surface area (Å²) in [6, 6.07) is 9.44. The monoisotopic (exact) mass is 407 g/mol.